The number of amides is 4. The molecule has 148 valence electrons. The summed E-state index contributed by atoms with van der Waals surface area (Å²) in [4.78, 5) is 52.9. The topological polar surface area (TPSA) is 113 Å². The summed E-state index contributed by atoms with van der Waals surface area (Å²) in [5.41, 5.74) is 7.64. The lowest BCUT2D eigenvalue weighted by Gasteiger charge is -2.37. The minimum Gasteiger partial charge on any atom is -0.326 e. The predicted molar refractivity (Wildman–Crippen MR) is 100 cm³/mol. The number of hydrogen-bond acceptors (Lipinski definition) is 6. The average Bonchev–Trinajstić information content (AvgIpc) is 2.91. The van der Waals surface area contributed by atoms with Crippen LogP contribution >= 0.6 is 0 Å². The second kappa shape index (κ2) is 7.10. The van der Waals surface area contributed by atoms with Gasteiger partial charge in [-0.3, -0.25) is 34.3 Å². The lowest BCUT2D eigenvalue weighted by molar-refractivity contribution is -0.136. The lowest BCUT2D eigenvalue weighted by Crippen LogP contribution is -2.54. The van der Waals surface area contributed by atoms with Crippen LogP contribution in [0.15, 0.2) is 18.2 Å². The lowest BCUT2D eigenvalue weighted by atomic mass is 9.96. The molecule has 3 heterocycles. The van der Waals surface area contributed by atoms with Crippen molar-refractivity contribution in [3.8, 4) is 0 Å². The molecule has 1 aromatic carbocycles. The Morgan fingerprint density at radius 2 is 1.93 bits per heavy atom. The molecule has 0 radical (unpaired) electrons. The Kier molecular flexibility index (Phi) is 4.76. The molecule has 8 heteroatoms. The molecule has 3 atom stereocenters. The number of piperidine rings is 2. The molecule has 0 spiro atoms. The van der Waals surface area contributed by atoms with E-state index in [1.54, 1.807) is 12.1 Å². The second-order valence-corrected chi connectivity index (χ2v) is 7.80. The van der Waals surface area contributed by atoms with E-state index >= 15 is 0 Å². The minimum atomic E-state index is -0.944. The maximum Gasteiger partial charge on any atom is 0.262 e. The number of carbonyl (C=O) groups excluding carboxylic acids is 4. The normalized spacial score (nSPS) is 28.5. The molecule has 8 nitrogen and oxygen atoms in total. The summed E-state index contributed by atoms with van der Waals surface area (Å²) >= 11 is 0. The van der Waals surface area contributed by atoms with Gasteiger partial charge in [0, 0.05) is 25.0 Å². The van der Waals surface area contributed by atoms with Crippen LogP contribution in [0.5, 0.6) is 0 Å². The molecule has 4 amide bonds. The van der Waals surface area contributed by atoms with Crippen LogP contribution in [-0.4, -0.2) is 58.1 Å². The Morgan fingerprint density at radius 1 is 1.14 bits per heavy atom. The molecular formula is C20H24N4O4. The smallest absolute Gasteiger partial charge is 0.262 e. The zero-order valence-corrected chi connectivity index (χ0v) is 15.8. The summed E-state index contributed by atoms with van der Waals surface area (Å²) in [7, 11) is 0. The van der Waals surface area contributed by atoms with Gasteiger partial charge in [0.15, 0.2) is 0 Å². The van der Waals surface area contributed by atoms with Crippen LogP contribution in [0.2, 0.25) is 0 Å². The third kappa shape index (κ3) is 3.02. The van der Waals surface area contributed by atoms with E-state index in [1.807, 2.05) is 6.07 Å². The number of benzene rings is 1. The van der Waals surface area contributed by atoms with Crippen molar-refractivity contribution in [2.45, 2.75) is 57.3 Å². The number of imide groups is 2. The molecule has 0 saturated carbocycles. The van der Waals surface area contributed by atoms with Crippen molar-refractivity contribution >= 4 is 23.6 Å². The van der Waals surface area contributed by atoms with Crippen molar-refractivity contribution in [2.24, 2.45) is 5.73 Å². The van der Waals surface area contributed by atoms with Crippen LogP contribution in [-0.2, 0) is 16.1 Å². The number of hydrogen-bond donors (Lipinski definition) is 2. The van der Waals surface area contributed by atoms with Gasteiger partial charge in [0.05, 0.1) is 11.1 Å². The van der Waals surface area contributed by atoms with Crippen LogP contribution in [0.3, 0.4) is 0 Å². The number of likely N-dealkylation sites (tertiary alicyclic amines) is 1. The maximum atomic E-state index is 13.1. The second-order valence-electron chi connectivity index (χ2n) is 7.80. The third-order valence-electron chi connectivity index (χ3n) is 6.11. The first-order valence-corrected chi connectivity index (χ1v) is 9.71. The zero-order valence-electron chi connectivity index (χ0n) is 15.8. The van der Waals surface area contributed by atoms with Crippen molar-refractivity contribution in [2.75, 3.05) is 6.54 Å². The largest absolute Gasteiger partial charge is 0.326 e. The van der Waals surface area contributed by atoms with Gasteiger partial charge in [-0.2, -0.15) is 0 Å². The molecule has 0 aliphatic carbocycles. The van der Waals surface area contributed by atoms with E-state index in [4.69, 9.17) is 5.73 Å². The SMILES string of the molecule is C[C@H]1[C@H](N)CCCN1Cc1cccc2c1C(=O)N(C1CCC(=O)NC1=O)C2=O. The van der Waals surface area contributed by atoms with Crippen molar-refractivity contribution < 1.29 is 19.2 Å². The summed E-state index contributed by atoms with van der Waals surface area (Å²) in [6.45, 7) is 3.49. The first-order chi connectivity index (χ1) is 13.4. The Morgan fingerprint density at radius 3 is 2.68 bits per heavy atom. The Hall–Kier alpha value is -2.58. The van der Waals surface area contributed by atoms with E-state index < -0.39 is 23.8 Å². The molecule has 3 aliphatic heterocycles. The Labute approximate surface area is 163 Å². The number of nitrogens with one attached hydrogen (secondary N) is 1. The van der Waals surface area contributed by atoms with Gasteiger partial charge in [-0.15, -0.1) is 0 Å². The van der Waals surface area contributed by atoms with Gasteiger partial charge >= 0.3 is 0 Å². The zero-order chi connectivity index (χ0) is 20.0. The van der Waals surface area contributed by atoms with Gasteiger partial charge in [0.25, 0.3) is 11.8 Å². The fraction of sp³-hybridized carbons (Fsp3) is 0.500. The van der Waals surface area contributed by atoms with E-state index in [2.05, 4.69) is 17.1 Å². The summed E-state index contributed by atoms with van der Waals surface area (Å²) in [6.07, 6.45) is 2.24. The van der Waals surface area contributed by atoms with E-state index in [0.717, 1.165) is 29.8 Å². The number of nitrogens with two attached hydrogens (primary N) is 1. The number of rotatable bonds is 3. The van der Waals surface area contributed by atoms with Crippen molar-refractivity contribution in [3.63, 3.8) is 0 Å². The van der Waals surface area contributed by atoms with E-state index in [1.165, 1.54) is 0 Å². The molecule has 1 aromatic rings. The fourth-order valence-corrected chi connectivity index (χ4v) is 4.40. The first-order valence-electron chi connectivity index (χ1n) is 9.71. The van der Waals surface area contributed by atoms with Gasteiger partial charge in [0.2, 0.25) is 11.8 Å². The minimum absolute atomic E-state index is 0.0859. The molecule has 28 heavy (non-hydrogen) atoms. The highest BCUT2D eigenvalue weighted by Crippen LogP contribution is 2.31. The van der Waals surface area contributed by atoms with Crippen LogP contribution in [0, 0.1) is 0 Å². The highest BCUT2D eigenvalue weighted by atomic mass is 16.2. The number of carbonyl (C=O) groups is 4. The third-order valence-corrected chi connectivity index (χ3v) is 6.11. The van der Waals surface area contributed by atoms with Crippen molar-refractivity contribution in [1.29, 1.82) is 0 Å². The van der Waals surface area contributed by atoms with Gasteiger partial charge < -0.3 is 5.73 Å². The number of nitrogens with zero attached hydrogens (tertiary/aromatic N) is 2. The van der Waals surface area contributed by atoms with Crippen LogP contribution in [0.4, 0.5) is 0 Å². The maximum absolute atomic E-state index is 13.1. The Balaban J connectivity index is 1.63. The number of fused-ring (bicyclic) bond motifs is 1. The quantitative estimate of drug-likeness (QED) is 0.730. The molecule has 0 aromatic heterocycles. The van der Waals surface area contributed by atoms with Crippen molar-refractivity contribution in [1.82, 2.24) is 15.1 Å². The van der Waals surface area contributed by atoms with Crippen LogP contribution in [0.25, 0.3) is 0 Å². The monoisotopic (exact) mass is 384 g/mol. The standard InChI is InChI=1S/C20H24N4O4/c1-11-14(21)6-3-9-23(11)10-12-4-2-5-13-17(12)20(28)24(19(13)27)15-7-8-16(25)22-18(15)26/h2,4-5,11,14-15H,3,6-10,21H2,1H3,(H,22,25,26)/t11-,14+,15?/m0/s1. The summed E-state index contributed by atoms with van der Waals surface area (Å²) in [5.74, 6) is -1.91. The molecule has 2 fully saturated rings. The van der Waals surface area contributed by atoms with Gasteiger partial charge in [-0.25, -0.2) is 0 Å². The highest BCUT2D eigenvalue weighted by molar-refractivity contribution is 6.24. The van der Waals surface area contributed by atoms with E-state index in [0.29, 0.717) is 17.7 Å². The van der Waals surface area contributed by atoms with Crippen molar-refractivity contribution in [3.05, 3.63) is 34.9 Å². The first kappa shape index (κ1) is 18.8. The van der Waals surface area contributed by atoms with Gasteiger partial charge in [0.1, 0.15) is 6.04 Å². The van der Waals surface area contributed by atoms with Gasteiger partial charge in [-0.05, 0) is 44.4 Å². The average molecular weight is 384 g/mol. The molecule has 2 saturated heterocycles. The molecule has 1 unspecified atom stereocenters. The molecule has 4 rings (SSSR count). The Bertz CT molecular complexity index is 868. The molecule has 3 N–H and O–H groups in total. The molecule has 3 aliphatic rings. The highest BCUT2D eigenvalue weighted by Gasteiger charge is 2.45. The van der Waals surface area contributed by atoms with Crippen LogP contribution in [0.1, 0.15) is 58.9 Å². The summed E-state index contributed by atoms with van der Waals surface area (Å²) < 4.78 is 0. The summed E-state index contributed by atoms with van der Waals surface area (Å²) in [6, 6.07) is 4.56. The molecule has 0 bridgehead atoms. The van der Waals surface area contributed by atoms with Crippen LogP contribution < -0.4 is 11.1 Å². The van der Waals surface area contributed by atoms with Gasteiger partial charge in [-0.1, -0.05) is 12.1 Å². The molecular weight excluding hydrogens is 360 g/mol. The summed E-state index contributed by atoms with van der Waals surface area (Å²) in [5, 5.41) is 2.22. The predicted octanol–water partition coefficient (Wildman–Crippen LogP) is 0.399. The van der Waals surface area contributed by atoms with E-state index in [-0.39, 0.29) is 30.8 Å². The fourth-order valence-electron chi connectivity index (χ4n) is 4.40. The van der Waals surface area contributed by atoms with E-state index in [9.17, 15) is 19.2 Å².